The van der Waals surface area contributed by atoms with Crippen molar-refractivity contribution in [3.63, 3.8) is 0 Å². The Morgan fingerprint density at radius 2 is 1.71 bits per heavy atom. The summed E-state index contributed by atoms with van der Waals surface area (Å²) in [5.74, 6) is 1.64. The van der Waals surface area contributed by atoms with Crippen LogP contribution in [0.15, 0.2) is 66.7 Å². The first-order chi connectivity index (χ1) is 18.5. The number of aromatic nitrogens is 6. The van der Waals surface area contributed by atoms with Crippen LogP contribution in [0.25, 0.3) is 27.7 Å². The second-order valence-corrected chi connectivity index (χ2v) is 9.30. The summed E-state index contributed by atoms with van der Waals surface area (Å²) < 4.78 is 13.2. The van der Waals surface area contributed by atoms with Gasteiger partial charge in [-0.3, -0.25) is 4.79 Å². The van der Waals surface area contributed by atoms with Crippen LogP contribution in [0.5, 0.6) is 11.5 Å². The number of carbonyl (C=O) groups excluding carboxylic acids is 1. The van der Waals surface area contributed by atoms with Crippen LogP contribution in [0.3, 0.4) is 0 Å². The van der Waals surface area contributed by atoms with Gasteiger partial charge in [-0.15, -0.1) is 5.10 Å². The minimum atomic E-state index is -0.399. The molecule has 0 aliphatic heterocycles. The van der Waals surface area contributed by atoms with Gasteiger partial charge in [-0.25, -0.2) is 9.78 Å². The van der Waals surface area contributed by atoms with E-state index in [0.717, 1.165) is 16.5 Å². The number of methoxy groups -OCH3 is 2. The normalized spacial score (nSPS) is 12.0. The van der Waals surface area contributed by atoms with Crippen molar-refractivity contribution in [2.75, 3.05) is 14.2 Å². The van der Waals surface area contributed by atoms with Crippen LogP contribution in [0.1, 0.15) is 42.6 Å². The minimum Gasteiger partial charge on any atom is -0.496 e. The smallest absolute Gasteiger partial charge is 0.272 e. The number of rotatable bonds is 9. The Labute approximate surface area is 220 Å². The largest absolute Gasteiger partial charge is 0.496 e. The van der Waals surface area contributed by atoms with Gasteiger partial charge in [-0.1, -0.05) is 56.3 Å². The van der Waals surface area contributed by atoms with E-state index in [4.69, 9.17) is 14.6 Å². The molecule has 1 atom stereocenters. The summed E-state index contributed by atoms with van der Waals surface area (Å²) >= 11 is 0. The van der Waals surface area contributed by atoms with Crippen molar-refractivity contribution >= 4 is 16.7 Å². The second-order valence-electron chi connectivity index (χ2n) is 9.30. The number of H-pyrrole nitrogens is 1. The lowest BCUT2D eigenvalue weighted by Crippen LogP contribution is -2.30. The van der Waals surface area contributed by atoms with Gasteiger partial charge in [0.15, 0.2) is 11.5 Å². The number of amides is 1. The maximum atomic E-state index is 13.6. The highest BCUT2D eigenvalue weighted by Gasteiger charge is 2.26. The monoisotopic (exact) mass is 511 g/mol. The third-order valence-electron chi connectivity index (χ3n) is 6.32. The van der Waals surface area contributed by atoms with E-state index in [2.05, 4.69) is 39.8 Å². The molecule has 3 aromatic carbocycles. The van der Waals surface area contributed by atoms with Crippen molar-refractivity contribution < 1.29 is 14.3 Å². The van der Waals surface area contributed by atoms with Gasteiger partial charge >= 0.3 is 0 Å². The first-order valence-corrected chi connectivity index (χ1v) is 12.3. The van der Waals surface area contributed by atoms with E-state index >= 15 is 0 Å². The van der Waals surface area contributed by atoms with Gasteiger partial charge in [-0.05, 0) is 52.4 Å². The molecule has 2 aromatic heterocycles. The van der Waals surface area contributed by atoms with Crippen LogP contribution in [0.4, 0.5) is 0 Å². The molecule has 194 valence electrons. The predicted molar refractivity (Wildman–Crippen MR) is 143 cm³/mol. The Bertz CT molecular complexity index is 1530. The zero-order chi connectivity index (χ0) is 26.6. The average molecular weight is 512 g/mol. The average Bonchev–Trinajstić information content (AvgIpc) is 3.62. The topological polar surface area (TPSA) is 120 Å². The number of aromatic amines is 1. The highest BCUT2D eigenvalue weighted by molar-refractivity contribution is 5.96. The molecular formula is C28H29N7O3. The highest BCUT2D eigenvalue weighted by Crippen LogP contribution is 2.40. The molecule has 0 aliphatic carbocycles. The molecule has 0 radical (unpaired) electrons. The van der Waals surface area contributed by atoms with Crippen molar-refractivity contribution in [2.24, 2.45) is 5.92 Å². The second kappa shape index (κ2) is 10.7. The lowest BCUT2D eigenvalue weighted by molar-refractivity contribution is 0.0924. The third-order valence-corrected chi connectivity index (χ3v) is 6.32. The first-order valence-electron chi connectivity index (χ1n) is 12.3. The van der Waals surface area contributed by atoms with Crippen LogP contribution in [0.2, 0.25) is 0 Å². The molecule has 0 unspecified atom stereocenters. The van der Waals surface area contributed by atoms with Crippen LogP contribution in [0, 0.1) is 5.92 Å². The van der Waals surface area contributed by atoms with E-state index in [1.165, 1.54) is 0 Å². The van der Waals surface area contributed by atoms with Crippen LogP contribution >= 0.6 is 0 Å². The lowest BCUT2D eigenvalue weighted by Gasteiger charge is -2.17. The summed E-state index contributed by atoms with van der Waals surface area (Å²) in [5.41, 5.74) is 2.41. The summed E-state index contributed by atoms with van der Waals surface area (Å²) in [6.07, 6.45) is 0.653. The molecule has 1 amide bonds. The van der Waals surface area contributed by atoms with Gasteiger partial charge in [0, 0.05) is 5.39 Å². The number of carbonyl (C=O) groups is 1. The fourth-order valence-electron chi connectivity index (χ4n) is 4.61. The van der Waals surface area contributed by atoms with Crippen molar-refractivity contribution in [3.8, 4) is 28.4 Å². The van der Waals surface area contributed by atoms with Crippen LogP contribution < -0.4 is 14.8 Å². The van der Waals surface area contributed by atoms with Gasteiger partial charge in [0.05, 0.1) is 37.2 Å². The molecule has 0 fully saturated rings. The van der Waals surface area contributed by atoms with Gasteiger partial charge in [-0.2, -0.15) is 5.10 Å². The maximum absolute atomic E-state index is 13.6. The minimum absolute atomic E-state index is 0.238. The molecular weight excluding hydrogens is 482 g/mol. The fourth-order valence-corrected chi connectivity index (χ4v) is 4.61. The number of benzene rings is 3. The zero-order valence-electron chi connectivity index (χ0n) is 21.7. The fraction of sp³-hybridized carbons (Fsp3) is 0.250. The summed E-state index contributed by atoms with van der Waals surface area (Å²) in [7, 11) is 3.21. The number of fused-ring (bicyclic) bond motifs is 1. The van der Waals surface area contributed by atoms with Crippen molar-refractivity contribution in [2.45, 2.75) is 26.3 Å². The zero-order valence-corrected chi connectivity index (χ0v) is 21.7. The van der Waals surface area contributed by atoms with E-state index in [-0.39, 0.29) is 11.6 Å². The molecule has 10 heteroatoms. The predicted octanol–water partition coefficient (Wildman–Crippen LogP) is 4.74. The summed E-state index contributed by atoms with van der Waals surface area (Å²) in [6, 6.07) is 21.0. The number of hydrogen-bond donors (Lipinski definition) is 2. The van der Waals surface area contributed by atoms with E-state index in [1.807, 2.05) is 60.7 Å². The van der Waals surface area contributed by atoms with E-state index in [0.29, 0.717) is 40.9 Å². The molecule has 5 aromatic rings. The molecule has 2 heterocycles. The Balaban J connectivity index is 1.66. The number of tetrazole rings is 1. The summed E-state index contributed by atoms with van der Waals surface area (Å²) in [5, 5.41) is 24.0. The number of ether oxygens (including phenoxy) is 2. The number of nitrogens with zero attached hydrogens (tertiary/aromatic N) is 5. The van der Waals surface area contributed by atoms with Gasteiger partial charge < -0.3 is 14.8 Å². The maximum Gasteiger partial charge on any atom is 0.272 e. The van der Waals surface area contributed by atoms with Gasteiger partial charge in [0.1, 0.15) is 11.5 Å². The molecule has 0 aliphatic rings. The molecule has 5 rings (SSSR count). The Morgan fingerprint density at radius 1 is 1.00 bits per heavy atom. The summed E-state index contributed by atoms with van der Waals surface area (Å²) in [4.78, 5) is 13.6. The molecule has 0 saturated heterocycles. The number of hydrogen-bond acceptors (Lipinski definition) is 7. The van der Waals surface area contributed by atoms with E-state index < -0.39 is 6.04 Å². The van der Waals surface area contributed by atoms with Gasteiger partial charge in [0.2, 0.25) is 0 Å². The Hall–Kier alpha value is -4.73. The first kappa shape index (κ1) is 24.9. The molecule has 0 spiro atoms. The highest BCUT2D eigenvalue weighted by atomic mass is 16.5. The van der Waals surface area contributed by atoms with Gasteiger partial charge in [0.25, 0.3) is 5.91 Å². The Morgan fingerprint density at radius 3 is 2.39 bits per heavy atom. The lowest BCUT2D eigenvalue weighted by atomic mass is 10.0. The molecule has 38 heavy (non-hydrogen) atoms. The Kier molecular flexibility index (Phi) is 7.03. The van der Waals surface area contributed by atoms with Crippen LogP contribution in [-0.4, -0.2) is 50.5 Å². The summed E-state index contributed by atoms with van der Waals surface area (Å²) in [6.45, 7) is 4.15. The molecule has 10 nitrogen and oxygen atoms in total. The van der Waals surface area contributed by atoms with E-state index in [1.54, 1.807) is 25.0 Å². The van der Waals surface area contributed by atoms with Crippen LogP contribution in [-0.2, 0) is 0 Å². The molecule has 0 bridgehead atoms. The third kappa shape index (κ3) is 4.80. The van der Waals surface area contributed by atoms with Crippen molar-refractivity contribution in [1.82, 2.24) is 35.7 Å². The van der Waals surface area contributed by atoms with Crippen molar-refractivity contribution in [1.29, 1.82) is 0 Å². The van der Waals surface area contributed by atoms with E-state index in [9.17, 15) is 4.79 Å². The standard InChI is InChI=1S/C28H29N7O3/c1-17(2)15-20(27-30-33-34-31-27)29-28(36)21-16-23(26-24(37-3)13-8-14-25(26)38-4)35(32-21)22-12-7-10-18-9-5-6-11-19(18)22/h5-14,16-17,20H,15H2,1-4H3,(H,29,36)(H,30,31,33,34)/t20-/m0/s1. The molecule has 2 N–H and O–H groups in total. The quantitative estimate of drug-likeness (QED) is 0.293. The number of nitrogens with one attached hydrogen (secondary N) is 2. The molecule has 0 saturated carbocycles. The van der Waals surface area contributed by atoms with Crippen molar-refractivity contribution in [3.05, 3.63) is 78.2 Å². The SMILES string of the molecule is COc1cccc(OC)c1-c1cc(C(=O)N[C@@H](CC(C)C)c2nnn[nH]2)nn1-c1cccc2ccccc12.